The summed E-state index contributed by atoms with van der Waals surface area (Å²) in [6.45, 7) is 2.19. The Morgan fingerprint density at radius 3 is 2.88 bits per heavy atom. The molecule has 0 aliphatic carbocycles. The monoisotopic (exact) mass is 237 g/mol. The fourth-order valence-electron chi connectivity index (χ4n) is 1.59. The molecule has 5 heteroatoms. The first-order chi connectivity index (χ1) is 7.59. The van der Waals surface area contributed by atoms with Crippen LogP contribution < -0.4 is 11.3 Å². The molecule has 1 aromatic carbocycles. The van der Waals surface area contributed by atoms with Crippen LogP contribution in [-0.2, 0) is 6.54 Å². The number of fused-ring (bicyclic) bond motifs is 1. The van der Waals surface area contributed by atoms with Crippen molar-refractivity contribution in [1.82, 2.24) is 9.55 Å². The van der Waals surface area contributed by atoms with Crippen LogP contribution in [-0.4, -0.2) is 15.6 Å². The van der Waals surface area contributed by atoms with E-state index in [0.717, 1.165) is 0 Å². The lowest BCUT2D eigenvalue weighted by molar-refractivity contribution is 0.571. The van der Waals surface area contributed by atoms with E-state index in [9.17, 15) is 4.79 Å². The Hall–Kier alpha value is -1.39. The molecule has 1 atom stereocenters. The number of hydrogen-bond donors (Lipinski definition) is 1. The van der Waals surface area contributed by atoms with Crippen LogP contribution in [0, 0.1) is 0 Å². The largest absolute Gasteiger partial charge is 0.326 e. The molecule has 2 aromatic rings. The predicted octanol–water partition coefficient (Wildman–Crippen LogP) is 1.40. The molecule has 0 fully saturated rings. The van der Waals surface area contributed by atoms with Crippen LogP contribution in [0.3, 0.4) is 0 Å². The van der Waals surface area contributed by atoms with Crippen LogP contribution in [0.15, 0.2) is 29.1 Å². The van der Waals surface area contributed by atoms with Crippen molar-refractivity contribution >= 4 is 22.5 Å². The van der Waals surface area contributed by atoms with E-state index in [1.165, 1.54) is 4.57 Å². The van der Waals surface area contributed by atoms with Gasteiger partial charge < -0.3 is 5.73 Å². The summed E-state index contributed by atoms with van der Waals surface area (Å²) in [5, 5.41) is 0.744. The van der Waals surface area contributed by atoms with Gasteiger partial charge >= 0.3 is 0 Å². The summed E-state index contributed by atoms with van der Waals surface area (Å²) in [5.74, 6) is 0. The van der Waals surface area contributed by atoms with Crippen LogP contribution in [0.2, 0.25) is 5.28 Å². The van der Waals surface area contributed by atoms with Gasteiger partial charge in [0.1, 0.15) is 0 Å². The number of nitrogens with zero attached hydrogens (tertiary/aromatic N) is 2. The normalized spacial score (nSPS) is 12.9. The van der Waals surface area contributed by atoms with E-state index < -0.39 is 0 Å². The molecule has 0 amide bonds. The minimum atomic E-state index is -0.145. The molecule has 0 aliphatic rings. The number of rotatable bonds is 2. The molecule has 1 unspecified atom stereocenters. The molecule has 0 aliphatic heterocycles. The van der Waals surface area contributed by atoms with Gasteiger partial charge in [-0.05, 0) is 30.7 Å². The molecule has 84 valence electrons. The molecule has 1 aromatic heterocycles. The lowest BCUT2D eigenvalue weighted by Gasteiger charge is -2.11. The third-order valence-corrected chi connectivity index (χ3v) is 2.57. The summed E-state index contributed by atoms with van der Waals surface area (Å²) >= 11 is 5.95. The fourth-order valence-corrected chi connectivity index (χ4v) is 1.82. The highest BCUT2D eigenvalue weighted by Gasteiger charge is 2.09. The minimum absolute atomic E-state index is 0.141. The van der Waals surface area contributed by atoms with Crippen LogP contribution in [0.5, 0.6) is 0 Å². The highest BCUT2D eigenvalue weighted by molar-refractivity contribution is 6.28. The van der Waals surface area contributed by atoms with Crippen molar-refractivity contribution in [2.24, 2.45) is 5.73 Å². The van der Waals surface area contributed by atoms with Crippen molar-refractivity contribution in [2.75, 3.05) is 0 Å². The molecule has 0 bridgehead atoms. The number of halogens is 1. The smallest absolute Gasteiger partial charge is 0.262 e. The van der Waals surface area contributed by atoms with Crippen LogP contribution in [0.1, 0.15) is 6.92 Å². The summed E-state index contributed by atoms with van der Waals surface area (Å²) in [6, 6.07) is 6.98. The number of nitrogens with two attached hydrogens (primary N) is 1. The predicted molar refractivity (Wildman–Crippen MR) is 64.7 cm³/mol. The Morgan fingerprint density at radius 1 is 1.50 bits per heavy atom. The lowest BCUT2D eigenvalue weighted by atomic mass is 10.2. The van der Waals surface area contributed by atoms with Crippen LogP contribution in [0.4, 0.5) is 0 Å². The Bertz CT molecular complexity index is 577. The molecular formula is C11H12ClN3O. The topological polar surface area (TPSA) is 60.9 Å². The molecule has 1 heterocycles. The lowest BCUT2D eigenvalue weighted by Crippen LogP contribution is -2.31. The molecule has 16 heavy (non-hydrogen) atoms. The third-order valence-electron chi connectivity index (χ3n) is 2.29. The highest BCUT2D eigenvalue weighted by Crippen LogP contribution is 2.11. The standard InChI is InChI=1S/C11H12ClN3O/c1-7(13)6-15-10(16)8-4-2-3-5-9(8)14-11(15)12/h2-5,7H,6,13H2,1H3. The van der Waals surface area contributed by atoms with Crippen molar-refractivity contribution < 1.29 is 0 Å². The Balaban J connectivity index is 2.71. The van der Waals surface area contributed by atoms with Crippen molar-refractivity contribution in [2.45, 2.75) is 19.5 Å². The summed E-state index contributed by atoms with van der Waals surface area (Å²) < 4.78 is 1.40. The van der Waals surface area contributed by atoms with Gasteiger partial charge in [0.2, 0.25) is 5.28 Å². The van der Waals surface area contributed by atoms with E-state index in [0.29, 0.717) is 17.4 Å². The second-order valence-corrected chi connectivity index (χ2v) is 4.13. The molecule has 2 rings (SSSR count). The summed E-state index contributed by atoms with van der Waals surface area (Å²) in [5.41, 5.74) is 6.12. The maximum Gasteiger partial charge on any atom is 0.262 e. The SMILES string of the molecule is CC(N)Cn1c(Cl)nc2ccccc2c1=O. The zero-order chi connectivity index (χ0) is 11.7. The van der Waals surface area contributed by atoms with Gasteiger partial charge in [0.15, 0.2) is 0 Å². The second-order valence-electron chi connectivity index (χ2n) is 3.79. The van der Waals surface area contributed by atoms with Crippen molar-refractivity contribution in [3.63, 3.8) is 0 Å². The second kappa shape index (κ2) is 4.23. The Kier molecular flexibility index (Phi) is 2.94. The molecule has 2 N–H and O–H groups in total. The number of para-hydroxylation sites is 1. The summed E-state index contributed by atoms with van der Waals surface area (Å²) in [6.07, 6.45) is 0. The molecule has 4 nitrogen and oxygen atoms in total. The third kappa shape index (κ3) is 1.94. The van der Waals surface area contributed by atoms with Gasteiger partial charge in [0, 0.05) is 12.6 Å². The van der Waals surface area contributed by atoms with Gasteiger partial charge in [0.05, 0.1) is 10.9 Å². The van der Waals surface area contributed by atoms with Gasteiger partial charge in [-0.25, -0.2) is 4.98 Å². The summed E-state index contributed by atoms with van der Waals surface area (Å²) in [4.78, 5) is 16.2. The molecule has 0 radical (unpaired) electrons. The molecule has 0 spiro atoms. The average molecular weight is 238 g/mol. The van der Waals surface area contributed by atoms with E-state index in [-0.39, 0.29) is 16.9 Å². The number of hydrogen-bond acceptors (Lipinski definition) is 3. The van der Waals surface area contributed by atoms with Crippen molar-refractivity contribution in [3.8, 4) is 0 Å². The Morgan fingerprint density at radius 2 is 2.19 bits per heavy atom. The van der Waals surface area contributed by atoms with E-state index in [4.69, 9.17) is 17.3 Å². The first-order valence-corrected chi connectivity index (χ1v) is 5.38. The quantitative estimate of drug-likeness (QED) is 0.804. The van der Waals surface area contributed by atoms with Gasteiger partial charge in [-0.3, -0.25) is 9.36 Å². The average Bonchev–Trinajstić information content (AvgIpc) is 2.24. The van der Waals surface area contributed by atoms with Gasteiger partial charge in [0.25, 0.3) is 5.56 Å². The number of benzene rings is 1. The van der Waals surface area contributed by atoms with Crippen molar-refractivity contribution in [1.29, 1.82) is 0 Å². The van der Waals surface area contributed by atoms with Crippen LogP contribution >= 0.6 is 11.6 Å². The first kappa shape index (κ1) is 11.1. The van der Waals surface area contributed by atoms with Gasteiger partial charge in [-0.2, -0.15) is 0 Å². The molecule has 0 saturated carbocycles. The molecule has 0 saturated heterocycles. The fraction of sp³-hybridized carbons (Fsp3) is 0.273. The van der Waals surface area contributed by atoms with Crippen molar-refractivity contribution in [3.05, 3.63) is 39.9 Å². The maximum atomic E-state index is 12.1. The molecular weight excluding hydrogens is 226 g/mol. The summed E-state index contributed by atoms with van der Waals surface area (Å²) in [7, 11) is 0. The van der Waals surface area contributed by atoms with Crippen LogP contribution in [0.25, 0.3) is 10.9 Å². The maximum absolute atomic E-state index is 12.1. The van der Waals surface area contributed by atoms with E-state index in [2.05, 4.69) is 4.98 Å². The van der Waals surface area contributed by atoms with Gasteiger partial charge in [-0.15, -0.1) is 0 Å². The Labute approximate surface area is 97.7 Å². The zero-order valence-electron chi connectivity index (χ0n) is 8.85. The zero-order valence-corrected chi connectivity index (χ0v) is 9.61. The van der Waals surface area contributed by atoms with E-state index in [1.807, 2.05) is 13.0 Å². The number of aromatic nitrogens is 2. The minimum Gasteiger partial charge on any atom is -0.326 e. The highest BCUT2D eigenvalue weighted by atomic mass is 35.5. The van der Waals surface area contributed by atoms with E-state index in [1.54, 1.807) is 18.2 Å². The van der Waals surface area contributed by atoms with Gasteiger partial charge in [-0.1, -0.05) is 12.1 Å². The first-order valence-electron chi connectivity index (χ1n) is 5.00. The van der Waals surface area contributed by atoms with E-state index >= 15 is 0 Å².